The maximum Gasteiger partial charge on any atom is 0.213 e. The number of pyridine rings is 1. The molecule has 24 heavy (non-hydrogen) atoms. The molecule has 134 valence electrons. The minimum Gasteiger partial charge on any atom is -0.481 e. The number of aliphatic imine (C=N–C) groups is 1. The molecule has 6 nitrogen and oxygen atoms in total. The fourth-order valence-corrected chi connectivity index (χ4v) is 2.95. The lowest BCUT2D eigenvalue weighted by atomic mass is 10.2. The van der Waals surface area contributed by atoms with Gasteiger partial charge in [0.15, 0.2) is 5.96 Å². The third kappa shape index (κ3) is 6.74. The molecule has 2 N–H and O–H groups in total. The lowest BCUT2D eigenvalue weighted by Gasteiger charge is -2.20. The van der Waals surface area contributed by atoms with Gasteiger partial charge in [0.1, 0.15) is 0 Å². The summed E-state index contributed by atoms with van der Waals surface area (Å²) in [5, 5.41) is 6.72. The predicted octanol–water partition coefficient (Wildman–Crippen LogP) is 2.02. The average Bonchev–Trinajstić information content (AvgIpc) is 2.90. The Bertz CT molecular complexity index is 498. The summed E-state index contributed by atoms with van der Waals surface area (Å²) in [6, 6.07) is 3.90. The number of rotatable bonds is 7. The van der Waals surface area contributed by atoms with E-state index in [1.165, 1.54) is 45.3 Å². The quantitative estimate of drug-likeness (QED) is 0.454. The number of hydrogen-bond donors (Lipinski definition) is 2. The molecular weight excluding hydrogens is 302 g/mol. The summed E-state index contributed by atoms with van der Waals surface area (Å²) in [6.45, 7) is 5.33. The zero-order valence-electron chi connectivity index (χ0n) is 15.1. The number of nitrogens with one attached hydrogen (secondary N) is 2. The van der Waals surface area contributed by atoms with Crippen LogP contribution in [0.15, 0.2) is 23.3 Å². The van der Waals surface area contributed by atoms with E-state index in [4.69, 9.17) is 4.74 Å². The van der Waals surface area contributed by atoms with Crippen molar-refractivity contribution >= 4 is 5.96 Å². The smallest absolute Gasteiger partial charge is 0.213 e. The lowest BCUT2D eigenvalue weighted by Crippen LogP contribution is -2.38. The molecule has 1 fully saturated rings. The zero-order chi connectivity index (χ0) is 17.0. The molecule has 0 bridgehead atoms. The van der Waals surface area contributed by atoms with Crippen LogP contribution in [0.1, 0.15) is 37.7 Å². The van der Waals surface area contributed by atoms with Crippen LogP contribution in [0.25, 0.3) is 0 Å². The fraction of sp³-hybridized carbons (Fsp3) is 0.667. The van der Waals surface area contributed by atoms with E-state index >= 15 is 0 Å². The van der Waals surface area contributed by atoms with Crippen LogP contribution in [0.4, 0.5) is 0 Å². The maximum atomic E-state index is 5.14. The highest BCUT2D eigenvalue weighted by Gasteiger charge is 2.08. The third-order valence-corrected chi connectivity index (χ3v) is 4.33. The molecule has 0 aliphatic carbocycles. The minimum absolute atomic E-state index is 0.634. The molecule has 1 saturated heterocycles. The van der Waals surface area contributed by atoms with E-state index in [0.29, 0.717) is 12.4 Å². The molecule has 0 atom stereocenters. The van der Waals surface area contributed by atoms with Crippen LogP contribution in [-0.2, 0) is 6.54 Å². The van der Waals surface area contributed by atoms with Gasteiger partial charge in [-0.3, -0.25) is 4.99 Å². The van der Waals surface area contributed by atoms with Gasteiger partial charge in [-0.15, -0.1) is 0 Å². The summed E-state index contributed by atoms with van der Waals surface area (Å²) in [4.78, 5) is 11.0. The summed E-state index contributed by atoms with van der Waals surface area (Å²) in [6.07, 6.45) is 8.39. The van der Waals surface area contributed by atoms with Crippen molar-refractivity contribution in [1.29, 1.82) is 0 Å². The van der Waals surface area contributed by atoms with Gasteiger partial charge < -0.3 is 20.3 Å². The SMILES string of the molecule is CN=C(NCCCN1CCCCCC1)NCc1ccnc(OC)c1. The predicted molar refractivity (Wildman–Crippen MR) is 98.5 cm³/mol. The summed E-state index contributed by atoms with van der Waals surface area (Å²) in [5.74, 6) is 1.47. The second kappa shape index (κ2) is 10.9. The van der Waals surface area contributed by atoms with E-state index < -0.39 is 0 Å². The molecule has 0 amide bonds. The van der Waals surface area contributed by atoms with Gasteiger partial charge in [0, 0.05) is 32.4 Å². The molecule has 2 heterocycles. The van der Waals surface area contributed by atoms with E-state index in [-0.39, 0.29) is 0 Å². The molecule has 2 rings (SSSR count). The van der Waals surface area contributed by atoms with E-state index in [1.54, 1.807) is 20.4 Å². The van der Waals surface area contributed by atoms with Gasteiger partial charge in [-0.2, -0.15) is 0 Å². The first-order valence-corrected chi connectivity index (χ1v) is 8.97. The monoisotopic (exact) mass is 333 g/mol. The van der Waals surface area contributed by atoms with E-state index in [1.807, 2.05) is 12.1 Å². The van der Waals surface area contributed by atoms with Crippen LogP contribution in [0.2, 0.25) is 0 Å². The van der Waals surface area contributed by atoms with Gasteiger partial charge in [0.2, 0.25) is 5.88 Å². The van der Waals surface area contributed by atoms with Gasteiger partial charge in [0.25, 0.3) is 0 Å². The van der Waals surface area contributed by atoms with Crippen molar-refractivity contribution in [3.63, 3.8) is 0 Å². The molecule has 1 aromatic rings. The Morgan fingerprint density at radius 3 is 2.75 bits per heavy atom. The molecule has 0 unspecified atom stereocenters. The molecule has 6 heteroatoms. The van der Waals surface area contributed by atoms with Gasteiger partial charge in [-0.25, -0.2) is 4.98 Å². The van der Waals surface area contributed by atoms with Crippen molar-refractivity contribution in [3.05, 3.63) is 23.9 Å². The Balaban J connectivity index is 1.64. The first-order valence-electron chi connectivity index (χ1n) is 8.97. The molecule has 0 saturated carbocycles. The number of hydrogen-bond acceptors (Lipinski definition) is 4. The van der Waals surface area contributed by atoms with Crippen LogP contribution < -0.4 is 15.4 Å². The Hall–Kier alpha value is -1.82. The summed E-state index contributed by atoms with van der Waals surface area (Å²) >= 11 is 0. The average molecular weight is 333 g/mol. The molecular formula is C18H31N5O. The number of nitrogens with zero attached hydrogens (tertiary/aromatic N) is 3. The number of methoxy groups -OCH3 is 1. The van der Waals surface area contributed by atoms with Crippen LogP contribution in [-0.4, -0.2) is 56.2 Å². The number of ether oxygens (including phenoxy) is 1. The van der Waals surface area contributed by atoms with Gasteiger partial charge in [-0.05, 0) is 50.5 Å². The van der Waals surface area contributed by atoms with Crippen molar-refractivity contribution in [2.75, 3.05) is 40.3 Å². The Labute approximate surface area is 145 Å². The van der Waals surface area contributed by atoms with E-state index in [9.17, 15) is 0 Å². The highest BCUT2D eigenvalue weighted by atomic mass is 16.5. The highest BCUT2D eigenvalue weighted by Crippen LogP contribution is 2.09. The normalized spacial score (nSPS) is 16.5. The lowest BCUT2D eigenvalue weighted by molar-refractivity contribution is 0.282. The maximum absolute atomic E-state index is 5.14. The summed E-state index contributed by atoms with van der Waals surface area (Å²) in [7, 11) is 3.43. The molecule has 1 aliphatic rings. The first kappa shape index (κ1) is 18.5. The zero-order valence-corrected chi connectivity index (χ0v) is 15.1. The molecule has 0 spiro atoms. The van der Waals surface area contributed by atoms with Crippen LogP contribution >= 0.6 is 0 Å². The van der Waals surface area contributed by atoms with Crippen molar-refractivity contribution in [3.8, 4) is 5.88 Å². The van der Waals surface area contributed by atoms with Crippen molar-refractivity contribution in [1.82, 2.24) is 20.5 Å². The summed E-state index contributed by atoms with van der Waals surface area (Å²) in [5.41, 5.74) is 1.12. The third-order valence-electron chi connectivity index (χ3n) is 4.33. The van der Waals surface area contributed by atoms with Crippen molar-refractivity contribution < 1.29 is 4.74 Å². The number of aromatic nitrogens is 1. The highest BCUT2D eigenvalue weighted by molar-refractivity contribution is 5.79. The Morgan fingerprint density at radius 2 is 2.04 bits per heavy atom. The second-order valence-corrected chi connectivity index (χ2v) is 6.17. The van der Waals surface area contributed by atoms with E-state index in [2.05, 4.69) is 25.5 Å². The Kier molecular flexibility index (Phi) is 8.38. The minimum atomic E-state index is 0.634. The topological polar surface area (TPSA) is 61.8 Å². The molecule has 0 radical (unpaired) electrons. The van der Waals surface area contributed by atoms with Crippen molar-refractivity contribution in [2.45, 2.75) is 38.6 Å². The van der Waals surface area contributed by atoms with Crippen LogP contribution in [0.5, 0.6) is 5.88 Å². The van der Waals surface area contributed by atoms with Crippen LogP contribution in [0.3, 0.4) is 0 Å². The second-order valence-electron chi connectivity index (χ2n) is 6.17. The van der Waals surface area contributed by atoms with E-state index in [0.717, 1.165) is 24.5 Å². The van der Waals surface area contributed by atoms with Gasteiger partial charge in [0.05, 0.1) is 7.11 Å². The van der Waals surface area contributed by atoms with Crippen LogP contribution in [0, 0.1) is 0 Å². The fourth-order valence-electron chi connectivity index (χ4n) is 2.95. The molecule has 1 aliphatic heterocycles. The number of guanidine groups is 1. The summed E-state index contributed by atoms with van der Waals surface area (Å²) < 4.78 is 5.14. The molecule has 1 aromatic heterocycles. The largest absolute Gasteiger partial charge is 0.481 e. The number of likely N-dealkylation sites (tertiary alicyclic amines) is 1. The van der Waals surface area contributed by atoms with Crippen molar-refractivity contribution in [2.24, 2.45) is 4.99 Å². The standard InChI is InChI=1S/C18H31N5O/c1-19-18(22-15-16-8-10-20-17(14-16)24-2)21-9-7-13-23-11-5-3-4-6-12-23/h8,10,14H,3-7,9,11-13,15H2,1-2H3,(H2,19,21,22). The molecule has 0 aromatic carbocycles. The first-order chi connectivity index (χ1) is 11.8. The van der Waals surface area contributed by atoms with Gasteiger partial charge in [-0.1, -0.05) is 12.8 Å². The Morgan fingerprint density at radius 1 is 1.25 bits per heavy atom. The van der Waals surface area contributed by atoms with Gasteiger partial charge >= 0.3 is 0 Å².